The quantitative estimate of drug-likeness (QED) is 0.569. The summed E-state index contributed by atoms with van der Waals surface area (Å²) in [4.78, 5) is 18.6. The molecule has 0 aliphatic heterocycles. The van der Waals surface area contributed by atoms with Gasteiger partial charge in [0.2, 0.25) is 0 Å². The summed E-state index contributed by atoms with van der Waals surface area (Å²) in [6.45, 7) is 0. The minimum absolute atomic E-state index is 0. The zero-order valence-corrected chi connectivity index (χ0v) is 9.08. The van der Waals surface area contributed by atoms with E-state index in [9.17, 15) is 18.9 Å². The monoisotopic (exact) mass is 371 g/mol. The first kappa shape index (κ1) is 17.2. The topological polar surface area (TPSA) is 110 Å². The molecule has 0 aliphatic carbocycles. The van der Waals surface area contributed by atoms with Gasteiger partial charge in [0, 0.05) is 7.11 Å². The van der Waals surface area contributed by atoms with E-state index in [4.69, 9.17) is 5.11 Å². The van der Waals surface area contributed by atoms with Gasteiger partial charge in [-0.2, -0.15) is 0 Å². The second-order valence-electron chi connectivity index (χ2n) is 0.602. The van der Waals surface area contributed by atoms with Crippen molar-refractivity contribution in [3.05, 3.63) is 0 Å². The summed E-state index contributed by atoms with van der Waals surface area (Å²) in [5, 5.41) is 7.00. The standard InChI is InChI=1S/CH4O.H4O5P2.Pt/c1-2;1-6(2)5-7(3)4;/h2H,1H3;6-7H,(H,1,2)(H,3,4);/q;;+2/p-2. The molecular weight excluding hydrogens is 365 g/mol. The Morgan fingerprint density at radius 2 is 1.40 bits per heavy atom. The van der Waals surface area contributed by atoms with Crippen molar-refractivity contribution in [3.8, 4) is 0 Å². The maximum atomic E-state index is 9.29. The van der Waals surface area contributed by atoms with Gasteiger partial charge in [-0.1, -0.05) is 0 Å². The molecule has 0 aromatic carbocycles. The molecule has 0 rings (SSSR count). The average Bonchev–Trinajstić information content (AvgIpc) is 1.68. The molecule has 0 saturated heterocycles. The molecule has 2 atom stereocenters. The van der Waals surface area contributed by atoms with E-state index in [1.54, 1.807) is 0 Å². The van der Waals surface area contributed by atoms with Crippen LogP contribution in [0.3, 0.4) is 0 Å². The second-order valence-corrected chi connectivity index (χ2v) is 2.42. The molecule has 0 fully saturated rings. The molecule has 0 amide bonds. The van der Waals surface area contributed by atoms with Crippen LogP contribution in [0.4, 0.5) is 0 Å². The van der Waals surface area contributed by atoms with E-state index in [1.807, 2.05) is 0 Å². The summed E-state index contributed by atoms with van der Waals surface area (Å²) >= 11 is 0. The van der Waals surface area contributed by atoms with E-state index in [-0.39, 0.29) is 21.1 Å². The fourth-order valence-corrected chi connectivity index (χ4v) is 0.612. The zero-order valence-electron chi connectivity index (χ0n) is 4.80. The Bertz CT molecular complexity index is 91.9. The van der Waals surface area contributed by atoms with Crippen molar-refractivity contribution in [1.82, 2.24) is 0 Å². The normalized spacial score (nSPS) is 13.6. The number of hydrogen-bond acceptors (Lipinski definition) is 6. The Kier molecular flexibility index (Phi) is 21.7. The van der Waals surface area contributed by atoms with Gasteiger partial charge in [0.1, 0.15) is 16.5 Å². The molecular formula is CH6O6P2Pt. The predicted octanol–water partition coefficient (Wildman–Crippen LogP) is -1.89. The SMILES string of the molecule is CO.O=[PH]([O-])O[PH](=O)[O-].[Pt+2]. The van der Waals surface area contributed by atoms with Crippen molar-refractivity contribution in [2.45, 2.75) is 0 Å². The first-order valence-corrected chi connectivity index (χ1v) is 4.12. The Morgan fingerprint density at radius 3 is 1.40 bits per heavy atom. The summed E-state index contributed by atoms with van der Waals surface area (Å²) in [6, 6.07) is 0. The van der Waals surface area contributed by atoms with Crippen LogP contribution in [0.25, 0.3) is 0 Å². The molecule has 0 spiro atoms. The van der Waals surface area contributed by atoms with E-state index in [2.05, 4.69) is 4.31 Å². The van der Waals surface area contributed by atoms with E-state index >= 15 is 0 Å². The predicted molar refractivity (Wildman–Crippen MR) is 27.2 cm³/mol. The molecule has 0 heterocycles. The fourth-order valence-electron chi connectivity index (χ4n) is 0.0680. The molecule has 6 nitrogen and oxygen atoms in total. The maximum absolute atomic E-state index is 9.29. The van der Waals surface area contributed by atoms with Gasteiger partial charge in [-0.3, -0.25) is 4.31 Å². The Hall–Kier alpha value is 0.988. The Balaban J connectivity index is -0.000000149. The van der Waals surface area contributed by atoms with Gasteiger partial charge in [0.05, 0.1) is 0 Å². The molecule has 0 aromatic heterocycles. The van der Waals surface area contributed by atoms with Crippen LogP contribution >= 0.6 is 16.5 Å². The van der Waals surface area contributed by atoms with Crippen LogP contribution in [-0.2, 0) is 34.5 Å². The van der Waals surface area contributed by atoms with Crippen LogP contribution < -0.4 is 9.79 Å². The van der Waals surface area contributed by atoms with Gasteiger partial charge in [-0.05, 0) is 0 Å². The summed E-state index contributed by atoms with van der Waals surface area (Å²) in [5.74, 6) is 0. The van der Waals surface area contributed by atoms with Crippen LogP contribution in [0.15, 0.2) is 0 Å². The number of aliphatic hydroxyl groups excluding tert-OH is 1. The molecule has 0 bridgehead atoms. The van der Waals surface area contributed by atoms with Gasteiger partial charge in [0.15, 0.2) is 0 Å². The van der Waals surface area contributed by atoms with Crippen LogP contribution in [0.5, 0.6) is 0 Å². The second kappa shape index (κ2) is 12.6. The molecule has 0 aromatic rings. The molecule has 0 aliphatic rings. The summed E-state index contributed by atoms with van der Waals surface area (Å²) in [6.07, 6.45) is 0. The third kappa shape index (κ3) is 23.1. The van der Waals surface area contributed by atoms with Gasteiger partial charge < -0.3 is 24.0 Å². The summed E-state index contributed by atoms with van der Waals surface area (Å²) in [5.41, 5.74) is 0. The van der Waals surface area contributed by atoms with Crippen molar-refractivity contribution in [2.24, 2.45) is 0 Å². The van der Waals surface area contributed by atoms with Crippen molar-refractivity contribution in [2.75, 3.05) is 7.11 Å². The van der Waals surface area contributed by atoms with Crippen LogP contribution in [-0.4, -0.2) is 12.2 Å². The van der Waals surface area contributed by atoms with Crippen molar-refractivity contribution >= 4 is 16.5 Å². The van der Waals surface area contributed by atoms with Gasteiger partial charge in [-0.15, -0.1) is 0 Å². The first-order valence-electron chi connectivity index (χ1n) is 1.67. The fraction of sp³-hybridized carbons (Fsp3) is 1.00. The molecule has 9 heteroatoms. The van der Waals surface area contributed by atoms with Crippen molar-refractivity contribution in [3.63, 3.8) is 0 Å². The molecule has 1 N–H and O–H groups in total. The van der Waals surface area contributed by atoms with Gasteiger partial charge in [-0.25, -0.2) is 0 Å². The van der Waals surface area contributed by atoms with Crippen LogP contribution in [0, 0.1) is 0 Å². The third-order valence-electron chi connectivity index (χ3n) is 0.167. The van der Waals surface area contributed by atoms with Crippen LogP contribution in [0.1, 0.15) is 0 Å². The van der Waals surface area contributed by atoms with Crippen molar-refractivity contribution < 1.29 is 49.4 Å². The van der Waals surface area contributed by atoms with E-state index in [1.165, 1.54) is 0 Å². The van der Waals surface area contributed by atoms with Crippen molar-refractivity contribution in [1.29, 1.82) is 0 Å². The third-order valence-corrected chi connectivity index (χ3v) is 1.50. The number of rotatable bonds is 2. The van der Waals surface area contributed by atoms with E-state index < -0.39 is 16.5 Å². The zero-order chi connectivity index (χ0) is 7.86. The van der Waals surface area contributed by atoms with Gasteiger partial charge >= 0.3 is 21.1 Å². The molecule has 0 radical (unpaired) electrons. The Labute approximate surface area is 73.4 Å². The average molecular weight is 371 g/mol. The number of aliphatic hydroxyl groups is 1. The van der Waals surface area contributed by atoms with Gasteiger partial charge in [0.25, 0.3) is 0 Å². The molecule has 10 heavy (non-hydrogen) atoms. The molecule has 66 valence electrons. The van der Waals surface area contributed by atoms with Crippen LogP contribution in [0.2, 0.25) is 0 Å². The molecule has 2 unspecified atom stereocenters. The first-order chi connectivity index (χ1) is 4.13. The summed E-state index contributed by atoms with van der Waals surface area (Å²) in [7, 11) is -6.03. The maximum Gasteiger partial charge on any atom is 2.00 e. The molecule has 0 saturated carbocycles. The largest absolute Gasteiger partial charge is 2.00 e. The minimum Gasteiger partial charge on any atom is -0.781 e. The smallest absolute Gasteiger partial charge is 0.781 e. The minimum atomic E-state index is -3.51. The Morgan fingerprint density at radius 1 is 1.20 bits per heavy atom. The van der Waals surface area contributed by atoms with E-state index in [0.717, 1.165) is 7.11 Å². The van der Waals surface area contributed by atoms with E-state index in [0.29, 0.717) is 0 Å². The summed E-state index contributed by atoms with van der Waals surface area (Å²) < 4.78 is 21.8. The number of hydrogen-bond donors (Lipinski definition) is 1.